The van der Waals surface area contributed by atoms with Crippen LogP contribution in [0.25, 0.3) is 32.3 Å². The Morgan fingerprint density at radius 1 is 0.312 bits per heavy atom. The lowest BCUT2D eigenvalue weighted by Crippen LogP contribution is -2.13. The Bertz CT molecular complexity index is 2310. The zero-order chi connectivity index (χ0) is 33.1. The van der Waals surface area contributed by atoms with Gasteiger partial charge in [0.05, 0.1) is 11.4 Å². The van der Waals surface area contributed by atoms with Crippen molar-refractivity contribution in [2.75, 3.05) is 9.80 Å². The van der Waals surface area contributed by atoms with E-state index in [9.17, 15) is 0 Å². The maximum absolute atomic E-state index is 2.45. The summed E-state index contributed by atoms with van der Waals surface area (Å²) < 4.78 is 0. The van der Waals surface area contributed by atoms with E-state index < -0.39 is 0 Å². The third-order valence-electron chi connectivity index (χ3n) is 10.3. The first-order valence-electron chi connectivity index (χ1n) is 16.9. The Kier molecular flexibility index (Phi) is 7.18. The summed E-state index contributed by atoms with van der Waals surface area (Å²) in [7, 11) is 0. The molecule has 2 nitrogen and oxygen atoms in total. The standard InChI is InChI=1S/C46H40N2/c1-29-15-21-37(27-33(29)5)47(41-13-9-7-11-31(41)3)43-25-19-35-18-24-40-44(26-20-36-17-23-39(43)45(35)46(36)40)48(42-14-10-8-12-32(42)4)38-22-16-30(2)34(6)28-38/h7-28H,1-6H3. The molecule has 0 aliphatic rings. The number of rotatable bonds is 6. The molecule has 234 valence electrons. The van der Waals surface area contributed by atoms with Crippen LogP contribution < -0.4 is 9.80 Å². The quantitative estimate of drug-likeness (QED) is 0.171. The van der Waals surface area contributed by atoms with Crippen molar-refractivity contribution in [1.82, 2.24) is 0 Å². The molecule has 0 aliphatic heterocycles. The summed E-state index contributed by atoms with van der Waals surface area (Å²) in [5, 5.41) is 7.61. The molecule has 0 N–H and O–H groups in total. The van der Waals surface area contributed by atoms with Gasteiger partial charge in [-0.05, 0) is 145 Å². The number of hydrogen-bond donors (Lipinski definition) is 0. The maximum atomic E-state index is 2.45. The highest BCUT2D eigenvalue weighted by Gasteiger charge is 2.23. The molecular weight excluding hydrogens is 581 g/mol. The number of hydrogen-bond acceptors (Lipinski definition) is 2. The van der Waals surface area contributed by atoms with Gasteiger partial charge in [-0.1, -0.05) is 84.9 Å². The van der Waals surface area contributed by atoms with Crippen molar-refractivity contribution in [3.05, 3.63) is 167 Å². The third-order valence-corrected chi connectivity index (χ3v) is 10.3. The molecule has 0 amide bonds. The minimum Gasteiger partial charge on any atom is -0.310 e. The minimum absolute atomic E-state index is 1.17. The molecule has 0 radical (unpaired) electrons. The van der Waals surface area contributed by atoms with Crippen molar-refractivity contribution in [3.8, 4) is 0 Å². The van der Waals surface area contributed by atoms with E-state index in [-0.39, 0.29) is 0 Å². The van der Waals surface area contributed by atoms with E-state index in [1.807, 2.05) is 0 Å². The normalized spacial score (nSPS) is 11.5. The van der Waals surface area contributed by atoms with Crippen LogP contribution in [0.5, 0.6) is 0 Å². The topological polar surface area (TPSA) is 6.48 Å². The molecule has 0 bridgehead atoms. The number of aryl methyl sites for hydroxylation is 6. The summed E-state index contributed by atoms with van der Waals surface area (Å²) in [6.07, 6.45) is 0. The van der Waals surface area contributed by atoms with E-state index in [4.69, 9.17) is 0 Å². The summed E-state index contributed by atoms with van der Waals surface area (Å²) in [5.74, 6) is 0. The van der Waals surface area contributed by atoms with Crippen molar-refractivity contribution >= 4 is 66.4 Å². The van der Waals surface area contributed by atoms with Crippen LogP contribution in [-0.2, 0) is 0 Å². The predicted molar refractivity (Wildman–Crippen MR) is 208 cm³/mol. The number of nitrogens with zero attached hydrogens (tertiary/aromatic N) is 2. The largest absolute Gasteiger partial charge is 0.310 e. The van der Waals surface area contributed by atoms with E-state index in [0.29, 0.717) is 0 Å². The Balaban J connectivity index is 1.43. The fourth-order valence-corrected chi connectivity index (χ4v) is 7.33. The Hall–Kier alpha value is -5.60. The first-order chi connectivity index (χ1) is 23.3. The van der Waals surface area contributed by atoms with Crippen LogP contribution in [0.15, 0.2) is 133 Å². The van der Waals surface area contributed by atoms with Gasteiger partial charge in [0, 0.05) is 33.5 Å². The van der Waals surface area contributed by atoms with Gasteiger partial charge in [-0.3, -0.25) is 0 Å². The average Bonchev–Trinajstić information content (AvgIpc) is 3.09. The molecule has 0 atom stereocenters. The van der Waals surface area contributed by atoms with Crippen molar-refractivity contribution in [2.45, 2.75) is 41.5 Å². The van der Waals surface area contributed by atoms with Crippen molar-refractivity contribution in [2.24, 2.45) is 0 Å². The van der Waals surface area contributed by atoms with E-state index in [1.165, 1.54) is 99.8 Å². The second kappa shape index (κ2) is 11.6. The van der Waals surface area contributed by atoms with Crippen molar-refractivity contribution in [3.63, 3.8) is 0 Å². The van der Waals surface area contributed by atoms with E-state index in [1.54, 1.807) is 0 Å². The summed E-state index contributed by atoms with van der Waals surface area (Å²) >= 11 is 0. The average molecular weight is 621 g/mol. The van der Waals surface area contributed by atoms with Gasteiger partial charge in [0.15, 0.2) is 0 Å². The van der Waals surface area contributed by atoms with Crippen LogP contribution in [0.2, 0.25) is 0 Å². The van der Waals surface area contributed by atoms with Gasteiger partial charge in [-0.2, -0.15) is 0 Å². The van der Waals surface area contributed by atoms with E-state index in [2.05, 4.69) is 185 Å². The molecule has 0 saturated heterocycles. The Labute approximate surface area is 283 Å². The molecule has 8 aromatic rings. The van der Waals surface area contributed by atoms with E-state index in [0.717, 1.165) is 0 Å². The fourth-order valence-electron chi connectivity index (χ4n) is 7.33. The molecule has 8 rings (SSSR count). The van der Waals surface area contributed by atoms with Gasteiger partial charge in [0.25, 0.3) is 0 Å². The molecule has 0 heterocycles. The molecule has 0 unspecified atom stereocenters. The first-order valence-corrected chi connectivity index (χ1v) is 16.9. The van der Waals surface area contributed by atoms with Crippen LogP contribution in [0.4, 0.5) is 34.1 Å². The number of para-hydroxylation sites is 2. The summed E-state index contributed by atoms with van der Waals surface area (Å²) in [5.41, 5.74) is 14.8. The van der Waals surface area contributed by atoms with Gasteiger partial charge in [0.2, 0.25) is 0 Å². The van der Waals surface area contributed by atoms with E-state index >= 15 is 0 Å². The predicted octanol–water partition coefficient (Wildman–Crippen LogP) is 13.4. The van der Waals surface area contributed by atoms with Crippen LogP contribution >= 0.6 is 0 Å². The third kappa shape index (κ3) is 4.79. The van der Waals surface area contributed by atoms with Crippen molar-refractivity contribution < 1.29 is 0 Å². The maximum Gasteiger partial charge on any atom is 0.0540 e. The summed E-state index contributed by atoms with van der Waals surface area (Å²) in [4.78, 5) is 4.90. The van der Waals surface area contributed by atoms with Crippen LogP contribution in [0, 0.1) is 41.5 Å². The lowest BCUT2D eigenvalue weighted by atomic mass is 9.91. The van der Waals surface area contributed by atoms with Gasteiger partial charge in [0.1, 0.15) is 0 Å². The molecule has 0 aliphatic carbocycles. The molecular formula is C46H40N2. The number of benzene rings is 8. The van der Waals surface area contributed by atoms with Gasteiger partial charge in [-0.25, -0.2) is 0 Å². The highest BCUT2D eigenvalue weighted by atomic mass is 15.2. The number of anilines is 6. The van der Waals surface area contributed by atoms with Crippen molar-refractivity contribution in [1.29, 1.82) is 0 Å². The second-order valence-corrected chi connectivity index (χ2v) is 13.4. The van der Waals surface area contributed by atoms with Crippen LogP contribution in [-0.4, -0.2) is 0 Å². The highest BCUT2D eigenvalue weighted by Crippen LogP contribution is 2.48. The molecule has 0 fully saturated rings. The summed E-state index contributed by atoms with van der Waals surface area (Å²) in [6, 6.07) is 49.6. The molecule has 48 heavy (non-hydrogen) atoms. The molecule has 0 saturated carbocycles. The minimum atomic E-state index is 1.17. The van der Waals surface area contributed by atoms with Crippen LogP contribution in [0.3, 0.4) is 0 Å². The lowest BCUT2D eigenvalue weighted by molar-refractivity contribution is 1.24. The van der Waals surface area contributed by atoms with Gasteiger partial charge >= 0.3 is 0 Å². The van der Waals surface area contributed by atoms with Gasteiger partial charge in [-0.15, -0.1) is 0 Å². The van der Waals surface area contributed by atoms with Crippen LogP contribution in [0.1, 0.15) is 33.4 Å². The smallest absolute Gasteiger partial charge is 0.0540 e. The SMILES string of the molecule is Cc1ccc(N(c2ccccc2C)c2ccc3ccc4c(N(c5ccc(C)c(C)c5)c5ccccc5C)ccc5ccc2c3c54)cc1C. The Morgan fingerprint density at radius 2 is 0.708 bits per heavy atom. The zero-order valence-electron chi connectivity index (χ0n) is 28.6. The highest BCUT2D eigenvalue weighted by molar-refractivity contribution is 6.28. The summed E-state index contributed by atoms with van der Waals surface area (Å²) in [6.45, 7) is 13.2. The van der Waals surface area contributed by atoms with Gasteiger partial charge < -0.3 is 9.80 Å². The Morgan fingerprint density at radius 3 is 1.10 bits per heavy atom. The lowest BCUT2D eigenvalue weighted by Gasteiger charge is -2.31. The molecule has 0 aromatic heterocycles. The molecule has 2 heteroatoms. The first kappa shape index (κ1) is 29.8. The zero-order valence-corrected chi connectivity index (χ0v) is 28.6. The molecule has 0 spiro atoms. The second-order valence-electron chi connectivity index (χ2n) is 13.4. The fraction of sp³-hybridized carbons (Fsp3) is 0.130. The molecule has 8 aromatic carbocycles. The monoisotopic (exact) mass is 620 g/mol.